The lowest BCUT2D eigenvalue weighted by molar-refractivity contribution is 0.566. The first-order valence-corrected chi connectivity index (χ1v) is 4.74. The highest BCUT2D eigenvalue weighted by Gasteiger charge is 2.11. The highest BCUT2D eigenvalue weighted by atomic mass is 16.1. The van der Waals surface area contributed by atoms with Gasteiger partial charge in [0.25, 0.3) is 5.56 Å². The summed E-state index contributed by atoms with van der Waals surface area (Å²) in [5.74, 6) is 0. The van der Waals surface area contributed by atoms with Crippen LogP contribution in [0.2, 0.25) is 0 Å². The molecule has 2 heterocycles. The number of aromatic nitrogens is 2. The van der Waals surface area contributed by atoms with Gasteiger partial charge in [-0.25, -0.2) is 4.68 Å². The van der Waals surface area contributed by atoms with Crippen molar-refractivity contribution in [1.29, 1.82) is 0 Å². The molecule has 3 rings (SSSR count). The molecule has 0 spiro atoms. The van der Waals surface area contributed by atoms with Gasteiger partial charge in [0.05, 0.1) is 10.9 Å². The van der Waals surface area contributed by atoms with Gasteiger partial charge in [0.2, 0.25) is 0 Å². The van der Waals surface area contributed by atoms with Crippen LogP contribution in [0.3, 0.4) is 0 Å². The minimum absolute atomic E-state index is 0.0801. The lowest BCUT2D eigenvalue weighted by atomic mass is 10.2. The molecule has 0 amide bonds. The Morgan fingerprint density at radius 1 is 1.21 bits per heavy atom. The second kappa shape index (κ2) is 2.61. The molecule has 0 aliphatic carbocycles. The molecule has 0 saturated carbocycles. The maximum Gasteiger partial charge on any atom is 0.278 e. The molecule has 3 heteroatoms. The van der Waals surface area contributed by atoms with Crippen LogP contribution in [0.4, 0.5) is 0 Å². The van der Waals surface area contributed by atoms with Crippen LogP contribution in [0.15, 0.2) is 35.1 Å². The van der Waals surface area contributed by atoms with Crippen molar-refractivity contribution in [2.24, 2.45) is 0 Å². The number of allylic oxidation sites excluding steroid dienone is 1. The average molecular weight is 186 g/mol. The van der Waals surface area contributed by atoms with E-state index in [2.05, 4.69) is 0 Å². The van der Waals surface area contributed by atoms with Crippen molar-refractivity contribution in [3.05, 3.63) is 40.7 Å². The third-order valence-corrected chi connectivity index (χ3v) is 2.63. The van der Waals surface area contributed by atoms with Crippen molar-refractivity contribution in [3.8, 4) is 0 Å². The topological polar surface area (TPSA) is 26.9 Å². The number of fused-ring (bicyclic) bond motifs is 3. The fourth-order valence-corrected chi connectivity index (χ4v) is 1.98. The Balaban J connectivity index is 2.54. The van der Waals surface area contributed by atoms with Crippen LogP contribution in [0, 0.1) is 0 Å². The lowest BCUT2D eigenvalue weighted by Gasteiger charge is -2.11. The maximum absolute atomic E-state index is 11.9. The molecular formula is C11H10N2O. The standard InChI is InChI=1S/C11H10N2O/c14-11-9-5-1-2-6-10(9)12-7-3-4-8-13(11)12/h1-2,4-6,8H,3,7H2. The van der Waals surface area contributed by atoms with Crippen molar-refractivity contribution in [3.63, 3.8) is 0 Å². The second-order valence-electron chi connectivity index (χ2n) is 3.46. The molecule has 0 bridgehead atoms. The SMILES string of the molecule is O=c1c2ccccc2n2n1C=CCC2. The van der Waals surface area contributed by atoms with Gasteiger partial charge in [-0.15, -0.1) is 0 Å². The monoisotopic (exact) mass is 186 g/mol. The largest absolute Gasteiger partial charge is 0.278 e. The molecule has 0 unspecified atom stereocenters. The van der Waals surface area contributed by atoms with Crippen LogP contribution in [-0.4, -0.2) is 9.36 Å². The number of hydrogen-bond acceptors (Lipinski definition) is 1. The van der Waals surface area contributed by atoms with E-state index in [1.54, 1.807) is 4.68 Å². The van der Waals surface area contributed by atoms with Gasteiger partial charge < -0.3 is 0 Å². The Labute approximate surface area is 80.9 Å². The minimum atomic E-state index is 0.0801. The zero-order chi connectivity index (χ0) is 9.54. The highest BCUT2D eigenvalue weighted by molar-refractivity contribution is 5.79. The van der Waals surface area contributed by atoms with Crippen molar-refractivity contribution in [2.75, 3.05) is 0 Å². The van der Waals surface area contributed by atoms with E-state index in [-0.39, 0.29) is 5.56 Å². The summed E-state index contributed by atoms with van der Waals surface area (Å²) in [7, 11) is 0. The van der Waals surface area contributed by atoms with E-state index in [4.69, 9.17) is 0 Å². The van der Waals surface area contributed by atoms with Gasteiger partial charge in [0.15, 0.2) is 0 Å². The van der Waals surface area contributed by atoms with E-state index in [1.807, 2.05) is 41.2 Å². The molecule has 3 nitrogen and oxygen atoms in total. The van der Waals surface area contributed by atoms with Crippen LogP contribution >= 0.6 is 0 Å². The Kier molecular flexibility index (Phi) is 1.42. The van der Waals surface area contributed by atoms with E-state index < -0.39 is 0 Å². The Morgan fingerprint density at radius 2 is 2.07 bits per heavy atom. The van der Waals surface area contributed by atoms with Gasteiger partial charge in [-0.3, -0.25) is 9.48 Å². The van der Waals surface area contributed by atoms with Crippen molar-refractivity contribution in [2.45, 2.75) is 13.0 Å². The third kappa shape index (κ3) is 0.839. The quantitative estimate of drug-likeness (QED) is 0.615. The molecule has 14 heavy (non-hydrogen) atoms. The summed E-state index contributed by atoms with van der Waals surface area (Å²) in [5, 5.41) is 0.805. The number of nitrogens with zero attached hydrogens (tertiary/aromatic N) is 2. The summed E-state index contributed by atoms with van der Waals surface area (Å²) in [6.07, 6.45) is 4.88. The normalized spacial score (nSPS) is 14.6. The molecule has 70 valence electrons. The Bertz CT molecular complexity index is 574. The molecule has 1 aliphatic rings. The first-order valence-electron chi connectivity index (χ1n) is 4.74. The van der Waals surface area contributed by atoms with Crippen LogP contribution < -0.4 is 5.56 Å². The predicted molar refractivity (Wildman–Crippen MR) is 56.1 cm³/mol. The van der Waals surface area contributed by atoms with Gasteiger partial charge in [-0.2, -0.15) is 0 Å². The van der Waals surface area contributed by atoms with E-state index in [1.165, 1.54) is 0 Å². The molecule has 1 aromatic heterocycles. The zero-order valence-corrected chi connectivity index (χ0v) is 7.68. The third-order valence-electron chi connectivity index (χ3n) is 2.63. The van der Waals surface area contributed by atoms with Crippen LogP contribution in [0.1, 0.15) is 6.42 Å². The maximum atomic E-state index is 11.9. The summed E-state index contributed by atoms with van der Waals surface area (Å²) in [6.45, 7) is 0.888. The molecule has 0 fully saturated rings. The molecule has 0 radical (unpaired) electrons. The second-order valence-corrected chi connectivity index (χ2v) is 3.46. The van der Waals surface area contributed by atoms with Gasteiger partial charge in [0, 0.05) is 12.7 Å². The molecule has 0 N–H and O–H groups in total. The smallest absolute Gasteiger partial charge is 0.278 e. The summed E-state index contributed by atoms with van der Waals surface area (Å²) in [6, 6.07) is 7.74. The lowest BCUT2D eigenvalue weighted by Crippen LogP contribution is -2.20. The Morgan fingerprint density at radius 3 is 3.00 bits per heavy atom. The van der Waals surface area contributed by atoms with E-state index in [0.717, 1.165) is 23.9 Å². The summed E-state index contributed by atoms with van der Waals surface area (Å²) < 4.78 is 3.71. The molecule has 0 saturated heterocycles. The Hall–Kier alpha value is -1.77. The summed E-state index contributed by atoms with van der Waals surface area (Å²) in [5.41, 5.74) is 1.11. The number of hydrogen-bond donors (Lipinski definition) is 0. The predicted octanol–water partition coefficient (Wildman–Crippen LogP) is 1.68. The van der Waals surface area contributed by atoms with Gasteiger partial charge in [-0.05, 0) is 18.6 Å². The fourth-order valence-electron chi connectivity index (χ4n) is 1.98. The first kappa shape index (κ1) is 7.62. The molecule has 1 aromatic carbocycles. The number of para-hydroxylation sites is 1. The van der Waals surface area contributed by atoms with E-state index in [0.29, 0.717) is 0 Å². The molecule has 2 aromatic rings. The zero-order valence-electron chi connectivity index (χ0n) is 7.68. The molecular weight excluding hydrogens is 176 g/mol. The van der Waals surface area contributed by atoms with Crippen molar-refractivity contribution in [1.82, 2.24) is 9.36 Å². The highest BCUT2D eigenvalue weighted by Crippen LogP contribution is 2.14. The van der Waals surface area contributed by atoms with Crippen LogP contribution in [0.5, 0.6) is 0 Å². The average Bonchev–Trinajstić information content (AvgIpc) is 2.55. The molecule has 1 aliphatic heterocycles. The van der Waals surface area contributed by atoms with Crippen molar-refractivity contribution >= 4 is 17.1 Å². The minimum Gasteiger partial charge on any atom is -0.278 e. The van der Waals surface area contributed by atoms with E-state index in [9.17, 15) is 4.79 Å². The van der Waals surface area contributed by atoms with Crippen molar-refractivity contribution < 1.29 is 0 Å². The van der Waals surface area contributed by atoms with Crippen LogP contribution in [0.25, 0.3) is 17.1 Å². The number of rotatable bonds is 0. The van der Waals surface area contributed by atoms with Gasteiger partial charge in [-0.1, -0.05) is 18.2 Å². The van der Waals surface area contributed by atoms with E-state index >= 15 is 0 Å². The summed E-state index contributed by atoms with van der Waals surface area (Å²) in [4.78, 5) is 11.9. The number of aryl methyl sites for hydroxylation is 1. The van der Waals surface area contributed by atoms with Gasteiger partial charge >= 0.3 is 0 Å². The van der Waals surface area contributed by atoms with Gasteiger partial charge in [0.1, 0.15) is 0 Å². The number of benzene rings is 1. The first-order chi connectivity index (χ1) is 6.88. The molecule has 0 atom stereocenters. The summed E-state index contributed by atoms with van der Waals surface area (Å²) >= 11 is 0. The van der Waals surface area contributed by atoms with Crippen LogP contribution in [-0.2, 0) is 6.54 Å². The fraction of sp³-hybridized carbons (Fsp3) is 0.182.